The number of rotatable bonds is 10. The van der Waals surface area contributed by atoms with Gasteiger partial charge in [-0.1, -0.05) is 64.5 Å². The van der Waals surface area contributed by atoms with E-state index in [0.29, 0.717) is 0 Å². The summed E-state index contributed by atoms with van der Waals surface area (Å²) in [4.78, 5) is 0. The summed E-state index contributed by atoms with van der Waals surface area (Å²) in [6.45, 7) is 4.79. The number of hydrogen-bond donors (Lipinski definition) is 1. The maximum absolute atomic E-state index is 8.52. The largest absolute Gasteiger partial charge is 0.392 e. The zero-order valence-electron chi connectivity index (χ0n) is 10.5. The molecule has 0 saturated carbocycles. The molecule has 1 nitrogen and oxygen atoms in total. The fraction of sp³-hybridized carbons (Fsp3) is 0.857. The molecule has 0 spiro atoms. The van der Waals surface area contributed by atoms with E-state index < -0.39 is 0 Å². The summed E-state index contributed by atoms with van der Waals surface area (Å²) in [5.74, 6) is 0.869. The van der Waals surface area contributed by atoms with E-state index in [1.165, 1.54) is 44.9 Å². The highest BCUT2D eigenvalue weighted by atomic mass is 16.2. The van der Waals surface area contributed by atoms with Gasteiger partial charge < -0.3 is 5.11 Å². The van der Waals surface area contributed by atoms with Gasteiger partial charge >= 0.3 is 0 Å². The molecule has 0 fully saturated rings. The van der Waals surface area contributed by atoms with E-state index in [2.05, 4.69) is 19.9 Å². The number of hydrogen-bond acceptors (Lipinski definition) is 1. The highest BCUT2D eigenvalue weighted by molar-refractivity contribution is 4.80. The second-order valence-electron chi connectivity index (χ2n) is 4.75. The van der Waals surface area contributed by atoms with E-state index in [0.717, 1.165) is 12.3 Å². The van der Waals surface area contributed by atoms with Gasteiger partial charge in [-0.2, -0.15) is 0 Å². The lowest BCUT2D eigenvalue weighted by molar-refractivity contribution is 0.342. The minimum absolute atomic E-state index is 0.190. The van der Waals surface area contributed by atoms with Crippen molar-refractivity contribution in [2.75, 3.05) is 6.61 Å². The quantitative estimate of drug-likeness (QED) is 0.422. The fourth-order valence-electron chi connectivity index (χ4n) is 1.71. The number of unbranched alkanes of at least 4 members (excludes halogenated alkanes) is 6. The topological polar surface area (TPSA) is 20.2 Å². The summed E-state index contributed by atoms with van der Waals surface area (Å²) in [6, 6.07) is 0. The van der Waals surface area contributed by atoms with Crippen molar-refractivity contribution < 1.29 is 5.11 Å². The molecular weight excluding hydrogens is 184 g/mol. The Morgan fingerprint density at radius 3 is 2.07 bits per heavy atom. The SMILES string of the molecule is CC(C)CCCCCCCC/C=C/CO. The average molecular weight is 212 g/mol. The molecule has 0 heterocycles. The molecule has 0 unspecified atom stereocenters. The molecular formula is C14H28O. The minimum atomic E-state index is 0.190. The van der Waals surface area contributed by atoms with E-state index in [9.17, 15) is 0 Å². The van der Waals surface area contributed by atoms with Crippen LogP contribution in [0.3, 0.4) is 0 Å². The first-order valence-corrected chi connectivity index (χ1v) is 6.53. The normalized spacial score (nSPS) is 11.7. The van der Waals surface area contributed by atoms with E-state index in [-0.39, 0.29) is 6.61 Å². The number of aliphatic hydroxyl groups excluding tert-OH is 1. The molecule has 0 aromatic rings. The lowest BCUT2D eigenvalue weighted by Gasteiger charge is -2.03. The third-order valence-corrected chi connectivity index (χ3v) is 2.67. The van der Waals surface area contributed by atoms with Crippen molar-refractivity contribution in [3.63, 3.8) is 0 Å². The van der Waals surface area contributed by atoms with E-state index in [1.54, 1.807) is 0 Å². The van der Waals surface area contributed by atoms with Crippen LogP contribution in [0.5, 0.6) is 0 Å². The highest BCUT2D eigenvalue weighted by Crippen LogP contribution is 2.11. The third-order valence-electron chi connectivity index (χ3n) is 2.67. The zero-order chi connectivity index (χ0) is 11.4. The Kier molecular flexibility index (Phi) is 11.5. The van der Waals surface area contributed by atoms with Crippen molar-refractivity contribution in [2.24, 2.45) is 5.92 Å². The predicted molar refractivity (Wildman–Crippen MR) is 68.0 cm³/mol. The molecule has 15 heavy (non-hydrogen) atoms. The molecule has 1 heteroatoms. The van der Waals surface area contributed by atoms with Crippen LogP contribution in [0, 0.1) is 5.92 Å². The highest BCUT2D eigenvalue weighted by Gasteiger charge is 1.94. The summed E-state index contributed by atoms with van der Waals surface area (Å²) in [6.07, 6.45) is 14.7. The van der Waals surface area contributed by atoms with Crippen LogP contribution in [0.2, 0.25) is 0 Å². The van der Waals surface area contributed by atoms with Gasteiger partial charge in [0.25, 0.3) is 0 Å². The Bertz CT molecular complexity index is 138. The maximum atomic E-state index is 8.52. The monoisotopic (exact) mass is 212 g/mol. The molecule has 0 saturated heterocycles. The second kappa shape index (κ2) is 11.8. The van der Waals surface area contributed by atoms with Crippen LogP contribution in [-0.4, -0.2) is 11.7 Å². The van der Waals surface area contributed by atoms with E-state index in [4.69, 9.17) is 5.11 Å². The Labute approximate surface area is 95.6 Å². The molecule has 90 valence electrons. The molecule has 1 N–H and O–H groups in total. The summed E-state index contributed by atoms with van der Waals surface area (Å²) in [5, 5.41) is 8.52. The predicted octanol–water partition coefficient (Wildman–Crippen LogP) is 4.31. The standard InChI is InChI=1S/C14H28O/c1-14(2)12-10-8-6-4-3-5-7-9-11-13-15/h9,11,14-15H,3-8,10,12-13H2,1-2H3/b11-9+. The van der Waals surface area contributed by atoms with Gasteiger partial charge in [0.2, 0.25) is 0 Å². The van der Waals surface area contributed by atoms with Crippen molar-refractivity contribution in [1.82, 2.24) is 0 Å². The maximum Gasteiger partial charge on any atom is 0.0612 e. The molecule has 0 atom stereocenters. The Balaban J connectivity index is 2.96. The smallest absolute Gasteiger partial charge is 0.0612 e. The van der Waals surface area contributed by atoms with Gasteiger partial charge in [-0.15, -0.1) is 0 Å². The van der Waals surface area contributed by atoms with Crippen LogP contribution in [-0.2, 0) is 0 Å². The molecule has 0 aliphatic rings. The van der Waals surface area contributed by atoms with Crippen molar-refractivity contribution in [1.29, 1.82) is 0 Å². The first-order valence-electron chi connectivity index (χ1n) is 6.53. The molecule has 0 aromatic carbocycles. The fourth-order valence-corrected chi connectivity index (χ4v) is 1.71. The van der Waals surface area contributed by atoms with Gasteiger partial charge in [0, 0.05) is 0 Å². The summed E-state index contributed by atoms with van der Waals surface area (Å²) < 4.78 is 0. The Morgan fingerprint density at radius 2 is 1.47 bits per heavy atom. The third kappa shape index (κ3) is 13.7. The van der Waals surface area contributed by atoms with Crippen LogP contribution >= 0.6 is 0 Å². The molecule has 0 amide bonds. The lowest BCUT2D eigenvalue weighted by atomic mass is 10.0. The van der Waals surface area contributed by atoms with E-state index >= 15 is 0 Å². The van der Waals surface area contributed by atoms with Gasteiger partial charge in [-0.3, -0.25) is 0 Å². The molecule has 0 aromatic heterocycles. The molecule has 0 radical (unpaired) electrons. The van der Waals surface area contributed by atoms with Crippen molar-refractivity contribution in [3.8, 4) is 0 Å². The van der Waals surface area contributed by atoms with Crippen LogP contribution in [0.4, 0.5) is 0 Å². The first kappa shape index (κ1) is 14.7. The number of allylic oxidation sites excluding steroid dienone is 1. The molecule has 0 aliphatic heterocycles. The van der Waals surface area contributed by atoms with Gasteiger partial charge in [-0.05, 0) is 18.8 Å². The van der Waals surface area contributed by atoms with Crippen molar-refractivity contribution in [2.45, 2.75) is 65.2 Å². The summed E-state index contributed by atoms with van der Waals surface area (Å²) >= 11 is 0. The summed E-state index contributed by atoms with van der Waals surface area (Å²) in [5.41, 5.74) is 0. The van der Waals surface area contributed by atoms with Crippen LogP contribution in [0.25, 0.3) is 0 Å². The van der Waals surface area contributed by atoms with Crippen LogP contribution in [0.1, 0.15) is 65.2 Å². The zero-order valence-corrected chi connectivity index (χ0v) is 10.5. The minimum Gasteiger partial charge on any atom is -0.392 e. The molecule has 0 bridgehead atoms. The van der Waals surface area contributed by atoms with E-state index in [1.807, 2.05) is 6.08 Å². The van der Waals surface area contributed by atoms with Crippen molar-refractivity contribution in [3.05, 3.63) is 12.2 Å². The summed E-state index contributed by atoms with van der Waals surface area (Å²) in [7, 11) is 0. The first-order chi connectivity index (χ1) is 7.27. The average Bonchev–Trinajstić information content (AvgIpc) is 2.20. The van der Waals surface area contributed by atoms with Gasteiger partial charge in [0.15, 0.2) is 0 Å². The Hall–Kier alpha value is -0.300. The van der Waals surface area contributed by atoms with Crippen LogP contribution in [0.15, 0.2) is 12.2 Å². The molecule has 0 rings (SSSR count). The van der Waals surface area contributed by atoms with Crippen molar-refractivity contribution >= 4 is 0 Å². The Morgan fingerprint density at radius 1 is 0.867 bits per heavy atom. The lowest BCUT2D eigenvalue weighted by Crippen LogP contribution is -1.87. The van der Waals surface area contributed by atoms with Crippen LogP contribution < -0.4 is 0 Å². The number of aliphatic hydroxyl groups is 1. The van der Waals surface area contributed by atoms with Gasteiger partial charge in [0.05, 0.1) is 6.61 Å². The van der Waals surface area contributed by atoms with Gasteiger partial charge in [0.1, 0.15) is 0 Å². The second-order valence-corrected chi connectivity index (χ2v) is 4.75. The molecule has 0 aliphatic carbocycles. The van der Waals surface area contributed by atoms with Gasteiger partial charge in [-0.25, -0.2) is 0 Å².